The third-order valence-electron chi connectivity index (χ3n) is 4.92. The maximum atomic E-state index is 11.2. The number of ether oxygens (including phenoxy) is 3. The van der Waals surface area contributed by atoms with Crippen LogP contribution in [-0.4, -0.2) is 26.1 Å². The lowest BCUT2D eigenvalue weighted by atomic mass is 9.84. The molecule has 0 unspecified atom stereocenters. The Morgan fingerprint density at radius 2 is 1.71 bits per heavy atom. The van der Waals surface area contributed by atoms with Crippen molar-refractivity contribution in [2.45, 2.75) is 38.9 Å². The molecule has 0 radical (unpaired) electrons. The Bertz CT molecular complexity index is 866. The normalized spacial score (nSPS) is 16.5. The molecular weight excluding hydrogens is 352 g/mol. The molecule has 1 aliphatic rings. The van der Waals surface area contributed by atoms with E-state index in [0.29, 0.717) is 13.2 Å². The van der Waals surface area contributed by atoms with E-state index in [1.807, 2.05) is 30.3 Å². The predicted octanol–water partition coefficient (Wildman–Crippen LogP) is 4.84. The number of carbonyl (C=O) groups excluding carboxylic acids is 1. The van der Waals surface area contributed by atoms with Crippen molar-refractivity contribution in [3.63, 3.8) is 0 Å². The zero-order valence-electron chi connectivity index (χ0n) is 17.2. The molecule has 0 atom stereocenters. The maximum Gasteiger partial charge on any atom is 0.226 e. The number of rotatable bonds is 5. The van der Waals surface area contributed by atoms with E-state index in [2.05, 4.69) is 32.9 Å². The average Bonchev–Trinajstić information content (AvgIpc) is 3.16. The fourth-order valence-electron chi connectivity index (χ4n) is 3.35. The van der Waals surface area contributed by atoms with Crippen LogP contribution in [0.3, 0.4) is 0 Å². The molecule has 0 saturated carbocycles. The van der Waals surface area contributed by atoms with Crippen LogP contribution in [0.15, 0.2) is 48.5 Å². The van der Waals surface area contributed by atoms with E-state index >= 15 is 0 Å². The minimum Gasteiger partial charge on any atom is -0.496 e. The second-order valence-electron chi connectivity index (χ2n) is 8.04. The average molecular weight is 380 g/mol. The molecule has 0 spiro atoms. The van der Waals surface area contributed by atoms with Gasteiger partial charge in [0.2, 0.25) is 5.79 Å². The smallest absolute Gasteiger partial charge is 0.226 e. The Hall–Kier alpha value is -2.43. The lowest BCUT2D eigenvalue weighted by molar-refractivity contribution is -0.131. The van der Waals surface area contributed by atoms with Crippen LogP contribution in [0.25, 0.3) is 6.08 Å². The number of ketones is 1. The van der Waals surface area contributed by atoms with Gasteiger partial charge >= 0.3 is 0 Å². The van der Waals surface area contributed by atoms with E-state index in [1.54, 1.807) is 19.3 Å². The summed E-state index contributed by atoms with van der Waals surface area (Å²) < 4.78 is 18.0. The summed E-state index contributed by atoms with van der Waals surface area (Å²) in [5.41, 5.74) is 3.88. The van der Waals surface area contributed by atoms with Crippen molar-refractivity contribution < 1.29 is 19.0 Å². The second kappa shape index (κ2) is 7.90. The topological polar surface area (TPSA) is 44.8 Å². The van der Waals surface area contributed by atoms with E-state index in [0.717, 1.165) is 22.4 Å². The fraction of sp³-hybridized carbons (Fsp3) is 0.375. The lowest BCUT2D eigenvalue weighted by Gasteiger charge is -2.31. The minimum atomic E-state index is -1.00. The molecule has 0 amide bonds. The number of benzene rings is 2. The van der Waals surface area contributed by atoms with Gasteiger partial charge in [-0.25, -0.2) is 0 Å². The molecule has 0 aliphatic carbocycles. The van der Waals surface area contributed by atoms with Crippen LogP contribution in [0, 0.1) is 0 Å². The van der Waals surface area contributed by atoms with Gasteiger partial charge in [-0.15, -0.1) is 0 Å². The van der Waals surface area contributed by atoms with Gasteiger partial charge in [-0.1, -0.05) is 57.2 Å². The Labute approximate surface area is 167 Å². The Kier molecular flexibility index (Phi) is 5.73. The van der Waals surface area contributed by atoms with Crippen molar-refractivity contribution in [2.75, 3.05) is 20.3 Å². The first-order valence-corrected chi connectivity index (χ1v) is 9.52. The number of hydrogen-bond acceptors (Lipinski definition) is 4. The van der Waals surface area contributed by atoms with Crippen molar-refractivity contribution >= 4 is 11.9 Å². The standard InChI is InChI=1S/C24H28O4/c1-17(25)6-7-18-8-10-19(11-9-18)24(27-14-15-28-24)21-16-20(23(2,3)4)12-13-22(21)26-5/h6-13,16H,14-15H2,1-5H3. The molecule has 2 aromatic rings. The van der Waals surface area contributed by atoms with E-state index in [9.17, 15) is 4.79 Å². The van der Waals surface area contributed by atoms with Gasteiger partial charge in [0.1, 0.15) is 5.75 Å². The molecule has 3 rings (SSSR count). The molecule has 1 fully saturated rings. The van der Waals surface area contributed by atoms with Crippen LogP contribution in [0.1, 0.15) is 49.9 Å². The molecule has 4 nitrogen and oxygen atoms in total. The van der Waals surface area contributed by atoms with Crippen molar-refractivity contribution in [3.05, 3.63) is 70.8 Å². The number of methoxy groups -OCH3 is 1. The summed E-state index contributed by atoms with van der Waals surface area (Å²) in [6.07, 6.45) is 3.36. The van der Waals surface area contributed by atoms with Crippen LogP contribution in [0.4, 0.5) is 0 Å². The number of allylic oxidation sites excluding steroid dienone is 1. The second-order valence-corrected chi connectivity index (χ2v) is 8.04. The molecule has 1 heterocycles. The molecule has 4 heteroatoms. The fourth-order valence-corrected chi connectivity index (χ4v) is 3.35. The molecule has 28 heavy (non-hydrogen) atoms. The molecule has 148 valence electrons. The van der Waals surface area contributed by atoms with Crippen LogP contribution in [-0.2, 0) is 25.5 Å². The highest BCUT2D eigenvalue weighted by atomic mass is 16.7. The predicted molar refractivity (Wildman–Crippen MR) is 111 cm³/mol. The summed E-state index contributed by atoms with van der Waals surface area (Å²) in [7, 11) is 1.66. The van der Waals surface area contributed by atoms with Gasteiger partial charge in [0.25, 0.3) is 0 Å². The highest BCUT2D eigenvalue weighted by Gasteiger charge is 2.43. The maximum absolute atomic E-state index is 11.2. The van der Waals surface area contributed by atoms with Gasteiger partial charge in [-0.3, -0.25) is 4.79 Å². The first-order valence-electron chi connectivity index (χ1n) is 9.52. The van der Waals surface area contributed by atoms with Crippen molar-refractivity contribution in [1.29, 1.82) is 0 Å². The molecule has 1 saturated heterocycles. The van der Waals surface area contributed by atoms with E-state index in [4.69, 9.17) is 14.2 Å². The Balaban J connectivity index is 2.09. The van der Waals surface area contributed by atoms with Crippen LogP contribution in [0.5, 0.6) is 5.75 Å². The van der Waals surface area contributed by atoms with Crippen molar-refractivity contribution in [1.82, 2.24) is 0 Å². The molecule has 0 aromatic heterocycles. The van der Waals surface area contributed by atoms with Gasteiger partial charge in [0, 0.05) is 5.56 Å². The lowest BCUT2D eigenvalue weighted by Crippen LogP contribution is -2.30. The van der Waals surface area contributed by atoms with E-state index in [-0.39, 0.29) is 11.2 Å². The van der Waals surface area contributed by atoms with Crippen molar-refractivity contribution in [2.24, 2.45) is 0 Å². The summed E-state index contributed by atoms with van der Waals surface area (Å²) in [6.45, 7) is 9.09. The number of carbonyl (C=O) groups is 1. The van der Waals surface area contributed by atoms with Gasteiger partial charge < -0.3 is 14.2 Å². The molecule has 0 N–H and O–H groups in total. The molecule has 1 aliphatic heterocycles. The highest BCUT2D eigenvalue weighted by molar-refractivity contribution is 5.91. The van der Waals surface area contributed by atoms with Crippen LogP contribution in [0.2, 0.25) is 0 Å². The Morgan fingerprint density at radius 1 is 1.07 bits per heavy atom. The zero-order chi connectivity index (χ0) is 20.4. The van der Waals surface area contributed by atoms with E-state index < -0.39 is 5.79 Å². The van der Waals surface area contributed by atoms with Crippen molar-refractivity contribution in [3.8, 4) is 5.75 Å². The summed E-state index contributed by atoms with van der Waals surface area (Å²) in [5, 5.41) is 0. The third-order valence-corrected chi connectivity index (χ3v) is 4.92. The summed E-state index contributed by atoms with van der Waals surface area (Å²) in [4.78, 5) is 11.2. The summed E-state index contributed by atoms with van der Waals surface area (Å²) in [6, 6.07) is 14.1. The van der Waals surface area contributed by atoms with Gasteiger partial charge in [-0.05, 0) is 41.7 Å². The first kappa shape index (κ1) is 20.3. The van der Waals surface area contributed by atoms with Crippen LogP contribution < -0.4 is 4.74 Å². The molecular formula is C24H28O4. The quantitative estimate of drug-likeness (QED) is 0.696. The Morgan fingerprint density at radius 3 is 2.25 bits per heavy atom. The van der Waals surface area contributed by atoms with Gasteiger partial charge in [0.15, 0.2) is 5.78 Å². The molecule has 2 aromatic carbocycles. The zero-order valence-corrected chi connectivity index (χ0v) is 17.2. The minimum absolute atomic E-state index is 0.0117. The largest absolute Gasteiger partial charge is 0.496 e. The SMILES string of the molecule is COc1ccc(C(C)(C)C)cc1C1(c2ccc(C=CC(C)=O)cc2)OCCO1. The van der Waals surface area contributed by atoms with Gasteiger partial charge in [0.05, 0.1) is 25.9 Å². The summed E-state index contributed by atoms with van der Waals surface area (Å²) in [5.74, 6) is -0.253. The third kappa shape index (κ3) is 4.03. The van der Waals surface area contributed by atoms with E-state index in [1.165, 1.54) is 12.5 Å². The highest BCUT2D eigenvalue weighted by Crippen LogP contribution is 2.44. The summed E-state index contributed by atoms with van der Waals surface area (Å²) >= 11 is 0. The van der Waals surface area contributed by atoms with Gasteiger partial charge in [-0.2, -0.15) is 0 Å². The monoisotopic (exact) mass is 380 g/mol. The van der Waals surface area contributed by atoms with Crippen LogP contribution >= 0.6 is 0 Å². The number of hydrogen-bond donors (Lipinski definition) is 0. The molecule has 0 bridgehead atoms. The first-order chi connectivity index (χ1) is 13.3.